The SMILES string of the molecule is CC(C)(CN)N1C(=O)CC(c2ccccc2)C1=O. The predicted octanol–water partition coefficient (Wildman–Crippen LogP) is 1.27. The molecule has 2 N–H and O–H groups in total. The van der Waals surface area contributed by atoms with Crippen molar-refractivity contribution in [2.45, 2.75) is 31.7 Å². The normalized spacial score (nSPS) is 20.6. The lowest BCUT2D eigenvalue weighted by Crippen LogP contribution is -2.52. The Morgan fingerprint density at radius 1 is 1.28 bits per heavy atom. The molecule has 1 aliphatic heterocycles. The Morgan fingerprint density at radius 3 is 2.44 bits per heavy atom. The van der Waals surface area contributed by atoms with E-state index in [-0.39, 0.29) is 30.7 Å². The van der Waals surface area contributed by atoms with E-state index in [1.54, 1.807) is 0 Å². The van der Waals surface area contributed by atoms with Crippen molar-refractivity contribution in [2.75, 3.05) is 6.54 Å². The smallest absolute Gasteiger partial charge is 0.237 e. The minimum absolute atomic E-state index is 0.135. The number of hydrogen-bond donors (Lipinski definition) is 1. The van der Waals surface area contributed by atoms with E-state index in [1.165, 1.54) is 4.90 Å². The molecule has 1 heterocycles. The lowest BCUT2D eigenvalue weighted by Gasteiger charge is -2.32. The summed E-state index contributed by atoms with van der Waals surface area (Å²) in [7, 11) is 0. The molecule has 1 fully saturated rings. The molecular weight excluding hydrogens is 228 g/mol. The fraction of sp³-hybridized carbons (Fsp3) is 0.429. The minimum atomic E-state index is -0.613. The number of nitrogens with two attached hydrogens (primary N) is 1. The number of carbonyl (C=O) groups is 2. The fourth-order valence-electron chi connectivity index (χ4n) is 2.30. The van der Waals surface area contributed by atoms with Crippen LogP contribution in [-0.2, 0) is 9.59 Å². The molecule has 1 aromatic rings. The molecule has 4 nitrogen and oxygen atoms in total. The van der Waals surface area contributed by atoms with E-state index in [2.05, 4.69) is 0 Å². The van der Waals surface area contributed by atoms with Gasteiger partial charge in [0.05, 0.1) is 11.5 Å². The standard InChI is InChI=1S/C14H18N2O2/c1-14(2,9-15)16-12(17)8-11(13(16)18)10-6-4-3-5-7-10/h3-7,11H,8-9,15H2,1-2H3. The van der Waals surface area contributed by atoms with Gasteiger partial charge in [0, 0.05) is 13.0 Å². The van der Waals surface area contributed by atoms with Gasteiger partial charge in [0.2, 0.25) is 11.8 Å². The molecule has 0 spiro atoms. The zero-order valence-corrected chi connectivity index (χ0v) is 10.7. The Labute approximate surface area is 107 Å². The first-order valence-electron chi connectivity index (χ1n) is 6.09. The van der Waals surface area contributed by atoms with E-state index in [0.29, 0.717) is 0 Å². The van der Waals surface area contributed by atoms with Gasteiger partial charge in [0.15, 0.2) is 0 Å². The van der Waals surface area contributed by atoms with Crippen molar-refractivity contribution in [1.82, 2.24) is 4.90 Å². The molecule has 0 aromatic heterocycles. The number of hydrogen-bond acceptors (Lipinski definition) is 3. The van der Waals surface area contributed by atoms with E-state index in [0.717, 1.165) is 5.56 Å². The molecule has 2 amide bonds. The van der Waals surface area contributed by atoms with Crippen LogP contribution in [0.15, 0.2) is 30.3 Å². The van der Waals surface area contributed by atoms with Crippen LogP contribution in [0.2, 0.25) is 0 Å². The molecule has 1 saturated heterocycles. The molecule has 1 atom stereocenters. The quantitative estimate of drug-likeness (QED) is 0.817. The summed E-state index contributed by atoms with van der Waals surface area (Å²) in [6, 6.07) is 9.42. The largest absolute Gasteiger partial charge is 0.328 e. The van der Waals surface area contributed by atoms with Crippen molar-refractivity contribution < 1.29 is 9.59 Å². The molecule has 1 aliphatic rings. The van der Waals surface area contributed by atoms with Crippen molar-refractivity contribution in [3.63, 3.8) is 0 Å². The van der Waals surface area contributed by atoms with Crippen molar-refractivity contribution in [3.8, 4) is 0 Å². The van der Waals surface area contributed by atoms with Gasteiger partial charge in [-0.25, -0.2) is 0 Å². The van der Waals surface area contributed by atoms with Crippen molar-refractivity contribution in [2.24, 2.45) is 5.73 Å². The van der Waals surface area contributed by atoms with Crippen LogP contribution >= 0.6 is 0 Å². The second-order valence-corrected chi connectivity index (χ2v) is 5.25. The van der Waals surface area contributed by atoms with Crippen LogP contribution < -0.4 is 5.73 Å². The zero-order chi connectivity index (χ0) is 13.3. The molecule has 0 radical (unpaired) electrons. The summed E-state index contributed by atoms with van der Waals surface area (Å²) < 4.78 is 0. The van der Waals surface area contributed by atoms with E-state index in [1.807, 2.05) is 44.2 Å². The number of imide groups is 1. The van der Waals surface area contributed by atoms with Crippen LogP contribution in [-0.4, -0.2) is 28.8 Å². The maximum atomic E-state index is 12.4. The highest BCUT2D eigenvalue weighted by molar-refractivity contribution is 6.06. The van der Waals surface area contributed by atoms with Gasteiger partial charge in [-0.1, -0.05) is 30.3 Å². The van der Waals surface area contributed by atoms with Crippen molar-refractivity contribution in [3.05, 3.63) is 35.9 Å². The maximum absolute atomic E-state index is 12.4. The fourth-order valence-corrected chi connectivity index (χ4v) is 2.30. The second kappa shape index (κ2) is 4.53. The van der Waals surface area contributed by atoms with Gasteiger partial charge in [0.25, 0.3) is 0 Å². The Balaban J connectivity index is 2.31. The first kappa shape index (κ1) is 12.8. The summed E-state index contributed by atoms with van der Waals surface area (Å²) in [6.07, 6.45) is 0.242. The lowest BCUT2D eigenvalue weighted by atomic mass is 9.97. The maximum Gasteiger partial charge on any atom is 0.237 e. The monoisotopic (exact) mass is 246 g/mol. The van der Waals surface area contributed by atoms with Crippen LogP contribution in [0.1, 0.15) is 31.7 Å². The highest BCUT2D eigenvalue weighted by Crippen LogP contribution is 2.33. The number of likely N-dealkylation sites (tertiary alicyclic amines) is 1. The number of nitrogens with zero attached hydrogens (tertiary/aromatic N) is 1. The molecule has 18 heavy (non-hydrogen) atoms. The number of rotatable bonds is 3. The van der Waals surface area contributed by atoms with Gasteiger partial charge in [-0.15, -0.1) is 0 Å². The number of carbonyl (C=O) groups excluding carboxylic acids is 2. The van der Waals surface area contributed by atoms with Crippen molar-refractivity contribution in [1.29, 1.82) is 0 Å². The molecule has 0 saturated carbocycles. The molecule has 2 rings (SSSR count). The summed E-state index contributed by atoms with van der Waals surface area (Å²) in [6.45, 7) is 3.90. The Hall–Kier alpha value is -1.68. The molecular formula is C14H18N2O2. The van der Waals surface area contributed by atoms with Crippen LogP contribution in [0.25, 0.3) is 0 Å². The van der Waals surface area contributed by atoms with Crippen LogP contribution in [0.3, 0.4) is 0 Å². The van der Waals surface area contributed by atoms with Crippen LogP contribution in [0.5, 0.6) is 0 Å². The topological polar surface area (TPSA) is 63.4 Å². The molecule has 96 valence electrons. The summed E-state index contributed by atoms with van der Waals surface area (Å²) in [4.78, 5) is 25.7. The summed E-state index contributed by atoms with van der Waals surface area (Å²) in [5.74, 6) is -0.629. The highest BCUT2D eigenvalue weighted by atomic mass is 16.2. The van der Waals surface area contributed by atoms with Gasteiger partial charge >= 0.3 is 0 Å². The summed E-state index contributed by atoms with van der Waals surface area (Å²) >= 11 is 0. The van der Waals surface area contributed by atoms with Gasteiger partial charge in [-0.2, -0.15) is 0 Å². The van der Waals surface area contributed by atoms with E-state index in [4.69, 9.17) is 5.73 Å². The first-order valence-corrected chi connectivity index (χ1v) is 6.09. The summed E-state index contributed by atoms with van der Waals surface area (Å²) in [5.41, 5.74) is 5.93. The van der Waals surface area contributed by atoms with E-state index in [9.17, 15) is 9.59 Å². The minimum Gasteiger partial charge on any atom is -0.328 e. The average Bonchev–Trinajstić information content (AvgIpc) is 2.66. The molecule has 1 unspecified atom stereocenters. The number of benzene rings is 1. The van der Waals surface area contributed by atoms with E-state index >= 15 is 0 Å². The highest BCUT2D eigenvalue weighted by Gasteiger charge is 2.45. The van der Waals surface area contributed by atoms with Gasteiger partial charge in [-0.05, 0) is 19.4 Å². The summed E-state index contributed by atoms with van der Waals surface area (Å²) in [5, 5.41) is 0. The van der Waals surface area contributed by atoms with Gasteiger partial charge in [-0.3, -0.25) is 14.5 Å². The van der Waals surface area contributed by atoms with Gasteiger partial charge in [0.1, 0.15) is 0 Å². The third kappa shape index (κ3) is 2.04. The van der Waals surface area contributed by atoms with E-state index < -0.39 is 5.54 Å². The molecule has 0 bridgehead atoms. The Bertz CT molecular complexity index is 468. The van der Waals surface area contributed by atoms with Crippen LogP contribution in [0.4, 0.5) is 0 Å². The Kier molecular flexibility index (Phi) is 3.22. The lowest BCUT2D eigenvalue weighted by molar-refractivity contribution is -0.144. The van der Waals surface area contributed by atoms with Crippen molar-refractivity contribution >= 4 is 11.8 Å². The third-order valence-corrected chi connectivity index (χ3v) is 3.45. The molecule has 1 aromatic carbocycles. The van der Waals surface area contributed by atoms with Crippen LogP contribution in [0, 0.1) is 0 Å². The average molecular weight is 246 g/mol. The zero-order valence-electron chi connectivity index (χ0n) is 10.7. The molecule has 0 aliphatic carbocycles. The third-order valence-electron chi connectivity index (χ3n) is 3.45. The predicted molar refractivity (Wildman–Crippen MR) is 68.8 cm³/mol. The second-order valence-electron chi connectivity index (χ2n) is 5.25. The molecule has 4 heteroatoms. The first-order chi connectivity index (χ1) is 8.47. The Morgan fingerprint density at radius 2 is 1.89 bits per heavy atom. The van der Waals surface area contributed by atoms with Gasteiger partial charge < -0.3 is 5.73 Å². The number of amides is 2.